The molecular formula is C16H21NO4. The lowest BCUT2D eigenvalue weighted by molar-refractivity contribution is -0.143. The standard InChI is InChI=1S/C16H21NO4/c1-5-9-17(11-15(18)21-6-2)16(19)13-8-7-12(3)14(10-13)20-4/h5,7-8,10H,1,6,9,11H2,2-4H3. The molecule has 5 nitrogen and oxygen atoms in total. The molecule has 0 spiro atoms. The van der Waals surface area contributed by atoms with E-state index in [-0.39, 0.29) is 25.6 Å². The number of esters is 1. The van der Waals surface area contributed by atoms with Crippen molar-refractivity contribution in [2.24, 2.45) is 0 Å². The quantitative estimate of drug-likeness (QED) is 0.571. The van der Waals surface area contributed by atoms with Crippen LogP contribution in [-0.4, -0.2) is 43.6 Å². The molecule has 5 heteroatoms. The van der Waals surface area contributed by atoms with Crippen molar-refractivity contribution in [3.63, 3.8) is 0 Å². The molecule has 0 aliphatic rings. The Labute approximate surface area is 125 Å². The summed E-state index contributed by atoms with van der Waals surface area (Å²) >= 11 is 0. The Morgan fingerprint density at radius 1 is 1.38 bits per heavy atom. The zero-order chi connectivity index (χ0) is 15.8. The molecule has 21 heavy (non-hydrogen) atoms. The number of carbonyl (C=O) groups excluding carboxylic acids is 2. The molecule has 0 aromatic heterocycles. The number of nitrogens with zero attached hydrogens (tertiary/aromatic N) is 1. The van der Waals surface area contributed by atoms with Crippen molar-refractivity contribution in [3.8, 4) is 5.75 Å². The highest BCUT2D eigenvalue weighted by molar-refractivity contribution is 5.96. The maximum Gasteiger partial charge on any atom is 0.325 e. The molecule has 1 aromatic carbocycles. The van der Waals surface area contributed by atoms with Crippen LogP contribution >= 0.6 is 0 Å². The van der Waals surface area contributed by atoms with Crippen LogP contribution in [0.2, 0.25) is 0 Å². The van der Waals surface area contributed by atoms with Gasteiger partial charge < -0.3 is 14.4 Å². The Bertz CT molecular complexity index is 525. The second-order valence-corrected chi connectivity index (χ2v) is 4.46. The van der Waals surface area contributed by atoms with E-state index in [0.29, 0.717) is 11.3 Å². The Morgan fingerprint density at radius 3 is 2.67 bits per heavy atom. The summed E-state index contributed by atoms with van der Waals surface area (Å²) in [7, 11) is 1.55. The van der Waals surface area contributed by atoms with Crippen LogP contribution in [0.4, 0.5) is 0 Å². The van der Waals surface area contributed by atoms with Crippen molar-refractivity contribution in [2.45, 2.75) is 13.8 Å². The normalized spacial score (nSPS) is 9.86. The van der Waals surface area contributed by atoms with Gasteiger partial charge in [0.15, 0.2) is 0 Å². The van der Waals surface area contributed by atoms with Gasteiger partial charge >= 0.3 is 5.97 Å². The lowest BCUT2D eigenvalue weighted by atomic mass is 10.1. The molecule has 1 amide bonds. The third kappa shape index (κ3) is 4.63. The molecule has 0 heterocycles. The smallest absolute Gasteiger partial charge is 0.325 e. The predicted molar refractivity (Wildman–Crippen MR) is 80.5 cm³/mol. The minimum atomic E-state index is -0.438. The molecule has 0 saturated carbocycles. The van der Waals surface area contributed by atoms with Gasteiger partial charge in [0.05, 0.1) is 13.7 Å². The fourth-order valence-corrected chi connectivity index (χ4v) is 1.87. The maximum atomic E-state index is 12.5. The van der Waals surface area contributed by atoms with E-state index >= 15 is 0 Å². The molecule has 1 rings (SSSR count). The average Bonchev–Trinajstić information content (AvgIpc) is 2.47. The molecule has 0 aliphatic carbocycles. The lowest BCUT2D eigenvalue weighted by Crippen LogP contribution is -2.36. The topological polar surface area (TPSA) is 55.8 Å². The minimum absolute atomic E-state index is 0.102. The molecule has 0 saturated heterocycles. The van der Waals surface area contributed by atoms with Crippen LogP contribution in [0, 0.1) is 6.92 Å². The number of methoxy groups -OCH3 is 1. The van der Waals surface area contributed by atoms with E-state index < -0.39 is 5.97 Å². The number of rotatable bonds is 7. The number of benzene rings is 1. The monoisotopic (exact) mass is 291 g/mol. The summed E-state index contributed by atoms with van der Waals surface area (Å²) in [6.45, 7) is 7.68. The van der Waals surface area contributed by atoms with Gasteiger partial charge in [0.25, 0.3) is 5.91 Å². The van der Waals surface area contributed by atoms with Crippen molar-refractivity contribution in [2.75, 3.05) is 26.8 Å². The van der Waals surface area contributed by atoms with Crippen molar-refractivity contribution < 1.29 is 19.1 Å². The summed E-state index contributed by atoms with van der Waals surface area (Å²) in [4.78, 5) is 25.4. The average molecular weight is 291 g/mol. The van der Waals surface area contributed by atoms with Gasteiger partial charge in [-0.25, -0.2) is 0 Å². The van der Waals surface area contributed by atoms with Crippen molar-refractivity contribution in [3.05, 3.63) is 42.0 Å². The molecule has 0 atom stereocenters. The fourth-order valence-electron chi connectivity index (χ4n) is 1.87. The summed E-state index contributed by atoms with van der Waals surface area (Å²) in [6, 6.07) is 5.18. The lowest BCUT2D eigenvalue weighted by Gasteiger charge is -2.20. The predicted octanol–water partition coefficient (Wildman–Crippen LogP) is 2.19. The Balaban J connectivity index is 2.94. The van der Waals surface area contributed by atoms with Gasteiger partial charge in [-0.15, -0.1) is 6.58 Å². The second kappa shape index (κ2) is 8.09. The van der Waals surface area contributed by atoms with E-state index in [1.165, 1.54) is 4.90 Å². The van der Waals surface area contributed by atoms with Gasteiger partial charge in [-0.2, -0.15) is 0 Å². The van der Waals surface area contributed by atoms with Crippen LogP contribution in [0.15, 0.2) is 30.9 Å². The molecule has 0 unspecified atom stereocenters. The minimum Gasteiger partial charge on any atom is -0.496 e. The Hall–Kier alpha value is -2.30. The summed E-state index contributed by atoms with van der Waals surface area (Å²) in [5, 5.41) is 0. The molecule has 0 N–H and O–H groups in total. The number of aryl methyl sites for hydroxylation is 1. The SMILES string of the molecule is C=CCN(CC(=O)OCC)C(=O)c1ccc(C)c(OC)c1. The van der Waals surface area contributed by atoms with E-state index in [0.717, 1.165) is 5.56 Å². The number of hydrogen-bond donors (Lipinski definition) is 0. The maximum absolute atomic E-state index is 12.5. The van der Waals surface area contributed by atoms with E-state index in [2.05, 4.69) is 6.58 Å². The van der Waals surface area contributed by atoms with Gasteiger partial charge in [0.2, 0.25) is 0 Å². The first kappa shape index (κ1) is 16.8. The number of amides is 1. The summed E-state index contributed by atoms with van der Waals surface area (Å²) in [5.41, 5.74) is 1.40. The zero-order valence-corrected chi connectivity index (χ0v) is 12.7. The van der Waals surface area contributed by atoms with E-state index in [9.17, 15) is 9.59 Å². The van der Waals surface area contributed by atoms with Gasteiger partial charge in [-0.1, -0.05) is 12.1 Å². The van der Waals surface area contributed by atoms with E-state index in [1.54, 1.807) is 32.2 Å². The van der Waals surface area contributed by atoms with Gasteiger partial charge in [0.1, 0.15) is 12.3 Å². The Kier molecular flexibility index (Phi) is 6.46. The van der Waals surface area contributed by atoms with E-state index in [1.807, 2.05) is 13.0 Å². The van der Waals surface area contributed by atoms with Crippen LogP contribution in [0.5, 0.6) is 5.75 Å². The first-order chi connectivity index (χ1) is 10.0. The van der Waals surface area contributed by atoms with E-state index in [4.69, 9.17) is 9.47 Å². The fraction of sp³-hybridized carbons (Fsp3) is 0.375. The molecule has 0 radical (unpaired) electrons. The molecule has 0 aliphatic heterocycles. The van der Waals surface area contributed by atoms with Gasteiger partial charge in [-0.05, 0) is 31.5 Å². The van der Waals surface area contributed by atoms with Crippen molar-refractivity contribution in [1.29, 1.82) is 0 Å². The van der Waals surface area contributed by atoms with Crippen molar-refractivity contribution in [1.82, 2.24) is 4.90 Å². The first-order valence-electron chi connectivity index (χ1n) is 6.73. The van der Waals surface area contributed by atoms with Crippen LogP contribution in [0.3, 0.4) is 0 Å². The Morgan fingerprint density at radius 2 is 2.10 bits per heavy atom. The van der Waals surface area contributed by atoms with Crippen molar-refractivity contribution >= 4 is 11.9 Å². The van der Waals surface area contributed by atoms with Crippen LogP contribution in [0.1, 0.15) is 22.8 Å². The highest BCUT2D eigenvalue weighted by atomic mass is 16.5. The number of carbonyl (C=O) groups is 2. The first-order valence-corrected chi connectivity index (χ1v) is 6.73. The zero-order valence-electron chi connectivity index (χ0n) is 12.7. The number of ether oxygens (including phenoxy) is 2. The highest BCUT2D eigenvalue weighted by Gasteiger charge is 2.19. The third-order valence-corrected chi connectivity index (χ3v) is 2.92. The van der Waals surface area contributed by atoms with Gasteiger partial charge in [-0.3, -0.25) is 9.59 Å². The molecule has 0 bridgehead atoms. The van der Waals surface area contributed by atoms with Crippen LogP contribution in [0.25, 0.3) is 0 Å². The third-order valence-electron chi connectivity index (χ3n) is 2.92. The van der Waals surface area contributed by atoms with Gasteiger partial charge in [0, 0.05) is 12.1 Å². The second-order valence-electron chi connectivity index (χ2n) is 4.46. The summed E-state index contributed by atoms with van der Waals surface area (Å²) < 4.78 is 10.1. The summed E-state index contributed by atoms with van der Waals surface area (Å²) in [5.74, 6) is -0.0661. The number of hydrogen-bond acceptors (Lipinski definition) is 4. The van der Waals surface area contributed by atoms with Crippen LogP contribution in [-0.2, 0) is 9.53 Å². The van der Waals surface area contributed by atoms with Crippen LogP contribution < -0.4 is 4.74 Å². The molecular weight excluding hydrogens is 270 g/mol. The summed E-state index contributed by atoms with van der Waals surface area (Å²) in [6.07, 6.45) is 1.57. The largest absolute Gasteiger partial charge is 0.496 e. The molecule has 0 fully saturated rings. The molecule has 114 valence electrons. The molecule has 1 aromatic rings. The highest BCUT2D eigenvalue weighted by Crippen LogP contribution is 2.20.